The molecule has 7 nitrogen and oxygen atoms in total. The molecule has 3 rings (SSSR count). The fourth-order valence-electron chi connectivity index (χ4n) is 4.59. The molecule has 0 aromatic heterocycles. The van der Waals surface area contributed by atoms with Crippen LogP contribution in [0.5, 0.6) is 0 Å². The quantitative estimate of drug-likeness (QED) is 0.559. The highest BCUT2D eigenvalue weighted by Gasteiger charge is 2.47. The zero-order valence-electron chi connectivity index (χ0n) is 18.2. The van der Waals surface area contributed by atoms with Crippen LogP contribution in [0.25, 0.3) is 0 Å². The number of esters is 1. The first-order valence-electron chi connectivity index (χ1n) is 11.0. The van der Waals surface area contributed by atoms with Gasteiger partial charge in [-0.25, -0.2) is 4.79 Å². The molecule has 0 bridgehead atoms. The number of hydrogen-bond acceptors (Lipinski definition) is 6. The summed E-state index contributed by atoms with van der Waals surface area (Å²) in [4.78, 5) is 39.3. The maximum Gasteiger partial charge on any atom is 0.326 e. The Morgan fingerprint density at radius 3 is 2.68 bits per heavy atom. The van der Waals surface area contributed by atoms with Gasteiger partial charge in [0, 0.05) is 12.5 Å². The number of thioether (sulfide) groups is 1. The molecular formula is C23H32N2O5S. The number of rotatable bonds is 9. The van der Waals surface area contributed by atoms with Gasteiger partial charge in [-0.2, -0.15) is 11.8 Å². The first-order chi connectivity index (χ1) is 14.9. The van der Waals surface area contributed by atoms with Gasteiger partial charge in [0.15, 0.2) is 0 Å². The minimum Gasteiger partial charge on any atom is -0.480 e. The van der Waals surface area contributed by atoms with Crippen LogP contribution in [-0.2, 0) is 25.5 Å². The zero-order valence-corrected chi connectivity index (χ0v) is 19.0. The number of piperidine rings is 1. The van der Waals surface area contributed by atoms with E-state index in [1.165, 1.54) is 4.90 Å². The molecule has 2 N–H and O–H groups in total. The summed E-state index contributed by atoms with van der Waals surface area (Å²) >= 11 is 1.77. The van der Waals surface area contributed by atoms with E-state index in [9.17, 15) is 19.5 Å². The van der Waals surface area contributed by atoms with Crippen LogP contribution in [0, 0.1) is 11.8 Å². The average Bonchev–Trinajstić information content (AvgIpc) is 3.24. The van der Waals surface area contributed by atoms with E-state index in [0.29, 0.717) is 25.3 Å². The topological polar surface area (TPSA) is 95.9 Å². The van der Waals surface area contributed by atoms with Gasteiger partial charge < -0.3 is 14.7 Å². The van der Waals surface area contributed by atoms with E-state index in [0.717, 1.165) is 23.5 Å². The summed E-state index contributed by atoms with van der Waals surface area (Å²) in [6.07, 6.45) is 1.99. The Morgan fingerprint density at radius 1 is 1.26 bits per heavy atom. The van der Waals surface area contributed by atoms with E-state index in [2.05, 4.69) is 5.32 Å². The molecule has 0 spiro atoms. The molecule has 8 heteroatoms. The molecule has 2 saturated heterocycles. The Balaban J connectivity index is 1.67. The fourth-order valence-corrected chi connectivity index (χ4v) is 6.17. The lowest BCUT2D eigenvalue weighted by Gasteiger charge is -2.41. The molecule has 1 aromatic carbocycles. The van der Waals surface area contributed by atoms with Crippen LogP contribution < -0.4 is 5.32 Å². The molecule has 2 heterocycles. The van der Waals surface area contributed by atoms with Crippen molar-refractivity contribution in [3.8, 4) is 0 Å². The number of aliphatic carboxylic acids is 1. The van der Waals surface area contributed by atoms with Crippen LogP contribution in [0.3, 0.4) is 0 Å². The molecule has 2 fully saturated rings. The number of aryl methyl sites for hydroxylation is 1. The predicted molar refractivity (Wildman–Crippen MR) is 120 cm³/mol. The number of likely N-dealkylation sites (tertiary alicyclic amines) is 1. The number of nitrogens with one attached hydrogen (secondary N) is 1. The summed E-state index contributed by atoms with van der Waals surface area (Å²) in [6, 6.07) is 7.72. The Bertz CT molecular complexity index is 774. The second-order valence-electron chi connectivity index (χ2n) is 8.28. The van der Waals surface area contributed by atoms with Gasteiger partial charge >= 0.3 is 11.9 Å². The third-order valence-corrected chi connectivity index (χ3v) is 7.51. The first-order valence-corrected chi connectivity index (χ1v) is 12.2. The van der Waals surface area contributed by atoms with Gasteiger partial charge in [0.25, 0.3) is 0 Å². The number of carbonyl (C=O) groups excluding carboxylic acids is 2. The minimum absolute atomic E-state index is 0.00802. The highest BCUT2D eigenvalue weighted by Crippen LogP contribution is 2.40. The standard InChI is InChI=1S/C23H32N2O5S/c1-3-30-23(29)19(10-9-16-7-5-4-6-8-16)24-15(2)21(26)25-12-11-17-13-31-14-18(17)20(25)22(27)28/h4-8,15,17-20,24H,3,9-14H2,1-2H3,(H,27,28)/t15-,17?,18?,19?,20-/m0/s1. The van der Waals surface area contributed by atoms with Crippen molar-refractivity contribution in [2.45, 2.75) is 51.2 Å². The molecule has 2 aliphatic heterocycles. The highest BCUT2D eigenvalue weighted by molar-refractivity contribution is 7.99. The number of hydrogen-bond donors (Lipinski definition) is 2. The lowest BCUT2D eigenvalue weighted by atomic mass is 9.81. The summed E-state index contributed by atoms with van der Waals surface area (Å²) in [5.41, 5.74) is 1.10. The second kappa shape index (κ2) is 11.0. The molecule has 0 radical (unpaired) electrons. The SMILES string of the molecule is CCOC(=O)C(CCc1ccccc1)N[C@@H](C)C(=O)N1CCC2CSCC2[C@H]1C(=O)O. The molecule has 31 heavy (non-hydrogen) atoms. The van der Waals surface area contributed by atoms with Crippen LogP contribution in [0.2, 0.25) is 0 Å². The van der Waals surface area contributed by atoms with Crippen LogP contribution in [0.1, 0.15) is 32.3 Å². The summed E-state index contributed by atoms with van der Waals surface area (Å²) in [6.45, 7) is 4.16. The molecule has 2 aliphatic rings. The van der Waals surface area contributed by atoms with Crippen molar-refractivity contribution in [2.75, 3.05) is 24.7 Å². The van der Waals surface area contributed by atoms with Crippen molar-refractivity contribution in [1.82, 2.24) is 10.2 Å². The smallest absolute Gasteiger partial charge is 0.326 e. The Hall–Kier alpha value is -2.06. The Labute approximate surface area is 187 Å². The van der Waals surface area contributed by atoms with Gasteiger partial charge in [-0.1, -0.05) is 30.3 Å². The molecule has 1 aromatic rings. The summed E-state index contributed by atoms with van der Waals surface area (Å²) < 4.78 is 5.21. The summed E-state index contributed by atoms with van der Waals surface area (Å²) in [5.74, 6) is 0.493. The van der Waals surface area contributed by atoms with E-state index in [1.807, 2.05) is 30.3 Å². The third-order valence-electron chi connectivity index (χ3n) is 6.22. The molecule has 1 amide bonds. The van der Waals surface area contributed by atoms with Gasteiger partial charge in [-0.15, -0.1) is 0 Å². The van der Waals surface area contributed by atoms with Crippen molar-refractivity contribution in [2.24, 2.45) is 11.8 Å². The van der Waals surface area contributed by atoms with E-state index in [-0.39, 0.29) is 18.4 Å². The van der Waals surface area contributed by atoms with Crippen LogP contribution in [0.15, 0.2) is 30.3 Å². The van der Waals surface area contributed by atoms with E-state index in [1.54, 1.807) is 25.6 Å². The number of carbonyl (C=O) groups is 3. The van der Waals surface area contributed by atoms with Crippen LogP contribution >= 0.6 is 11.8 Å². The van der Waals surface area contributed by atoms with Crippen molar-refractivity contribution in [3.63, 3.8) is 0 Å². The number of amides is 1. The van der Waals surface area contributed by atoms with Crippen LogP contribution in [0.4, 0.5) is 0 Å². The lowest BCUT2D eigenvalue weighted by Crippen LogP contribution is -2.60. The maximum atomic E-state index is 13.2. The number of ether oxygens (including phenoxy) is 1. The number of nitrogens with zero attached hydrogens (tertiary/aromatic N) is 1. The number of carboxylic acids is 1. The molecule has 3 unspecified atom stereocenters. The van der Waals surface area contributed by atoms with Gasteiger partial charge in [-0.05, 0) is 56.1 Å². The molecule has 0 aliphatic carbocycles. The van der Waals surface area contributed by atoms with Crippen molar-refractivity contribution in [1.29, 1.82) is 0 Å². The molecular weight excluding hydrogens is 416 g/mol. The van der Waals surface area contributed by atoms with Crippen molar-refractivity contribution < 1.29 is 24.2 Å². The predicted octanol–water partition coefficient (Wildman–Crippen LogP) is 2.19. The maximum absolute atomic E-state index is 13.2. The van der Waals surface area contributed by atoms with E-state index in [4.69, 9.17) is 4.74 Å². The molecule has 170 valence electrons. The second-order valence-corrected chi connectivity index (χ2v) is 9.36. The first kappa shape index (κ1) is 23.6. The minimum atomic E-state index is -0.941. The highest BCUT2D eigenvalue weighted by atomic mass is 32.2. The average molecular weight is 449 g/mol. The third kappa shape index (κ3) is 5.80. The van der Waals surface area contributed by atoms with Crippen molar-refractivity contribution >= 4 is 29.6 Å². The van der Waals surface area contributed by atoms with E-state index >= 15 is 0 Å². The number of carboxylic acid groups (broad SMARTS) is 1. The van der Waals surface area contributed by atoms with Crippen molar-refractivity contribution in [3.05, 3.63) is 35.9 Å². The van der Waals surface area contributed by atoms with E-state index < -0.39 is 30.1 Å². The molecule has 0 saturated carbocycles. The van der Waals surface area contributed by atoms with Gasteiger partial charge in [-0.3, -0.25) is 14.9 Å². The van der Waals surface area contributed by atoms with Gasteiger partial charge in [0.05, 0.1) is 12.6 Å². The van der Waals surface area contributed by atoms with Crippen LogP contribution in [-0.4, -0.2) is 70.6 Å². The molecule has 5 atom stereocenters. The Morgan fingerprint density at radius 2 is 2.00 bits per heavy atom. The Kier molecular flexibility index (Phi) is 8.37. The summed E-state index contributed by atoms with van der Waals surface area (Å²) in [5, 5.41) is 13.0. The lowest BCUT2D eigenvalue weighted by molar-refractivity contribution is -0.157. The zero-order chi connectivity index (χ0) is 22.4. The summed E-state index contributed by atoms with van der Waals surface area (Å²) in [7, 11) is 0. The largest absolute Gasteiger partial charge is 0.480 e. The fraction of sp³-hybridized carbons (Fsp3) is 0.609. The number of benzene rings is 1. The van der Waals surface area contributed by atoms with Gasteiger partial charge in [0.1, 0.15) is 12.1 Å². The normalized spacial score (nSPS) is 24.8. The van der Waals surface area contributed by atoms with Gasteiger partial charge in [0.2, 0.25) is 5.91 Å². The monoisotopic (exact) mass is 448 g/mol. The number of fused-ring (bicyclic) bond motifs is 1.